The molecule has 0 saturated heterocycles. The topological polar surface area (TPSA) is 89.9 Å². The molecule has 88 valence electrons. The fraction of sp³-hybridized carbons (Fsp3) is 0.300. The third-order valence-electron chi connectivity index (χ3n) is 2.88. The first kappa shape index (κ1) is 10.9. The lowest BCUT2D eigenvalue weighted by Crippen LogP contribution is -2.30. The molecule has 17 heavy (non-hydrogen) atoms. The van der Waals surface area contributed by atoms with Crippen LogP contribution < -0.4 is 5.73 Å². The number of fused-ring (bicyclic) bond motifs is 1. The van der Waals surface area contributed by atoms with E-state index in [1.54, 1.807) is 6.08 Å². The van der Waals surface area contributed by atoms with Gasteiger partial charge in [-0.15, -0.1) is 0 Å². The summed E-state index contributed by atoms with van der Waals surface area (Å²) in [5, 5.41) is 15.5. The maximum atomic E-state index is 10.5. The Labute approximate surface area is 111 Å². The Balaban J connectivity index is 2.32. The second-order valence-corrected chi connectivity index (χ2v) is 5.00. The second-order valence-electron chi connectivity index (χ2n) is 3.98. The van der Waals surface area contributed by atoms with Crippen molar-refractivity contribution in [3.63, 3.8) is 0 Å². The van der Waals surface area contributed by atoms with Gasteiger partial charge in [-0.1, -0.05) is 6.08 Å². The lowest BCUT2D eigenvalue weighted by molar-refractivity contribution is 0.00517. The van der Waals surface area contributed by atoms with Gasteiger partial charge in [0, 0.05) is 6.42 Å². The molecule has 2 aromatic heterocycles. The van der Waals surface area contributed by atoms with Crippen molar-refractivity contribution in [3.8, 4) is 0 Å². The third kappa shape index (κ3) is 1.53. The lowest BCUT2D eigenvalue weighted by atomic mass is 10.2. The highest BCUT2D eigenvalue weighted by atomic mass is 127. The summed E-state index contributed by atoms with van der Waals surface area (Å²) in [5.74, 6) is 0.385. The summed E-state index contributed by atoms with van der Waals surface area (Å²) in [6, 6.07) is 0. The van der Waals surface area contributed by atoms with Gasteiger partial charge in [-0.05, 0) is 35.1 Å². The molecule has 2 heterocycles. The third-order valence-corrected chi connectivity index (χ3v) is 3.64. The van der Waals surface area contributed by atoms with E-state index in [1.165, 1.54) is 11.0 Å². The molecule has 6 nitrogen and oxygen atoms in total. The fourth-order valence-corrected chi connectivity index (χ4v) is 2.76. The van der Waals surface area contributed by atoms with Crippen LogP contribution in [0.2, 0.25) is 0 Å². The number of rotatable bonds is 1. The van der Waals surface area contributed by atoms with Crippen molar-refractivity contribution in [1.82, 2.24) is 19.7 Å². The monoisotopic (exact) mass is 343 g/mol. The van der Waals surface area contributed by atoms with E-state index in [4.69, 9.17) is 5.73 Å². The van der Waals surface area contributed by atoms with E-state index < -0.39 is 5.72 Å². The molecule has 3 N–H and O–H groups in total. The first-order valence-electron chi connectivity index (χ1n) is 5.17. The van der Waals surface area contributed by atoms with Gasteiger partial charge in [-0.2, -0.15) is 5.10 Å². The number of hydrogen-bond donors (Lipinski definition) is 2. The number of allylic oxidation sites excluding steroid dienone is 1. The van der Waals surface area contributed by atoms with Gasteiger partial charge >= 0.3 is 0 Å². The fourth-order valence-electron chi connectivity index (χ4n) is 2.03. The van der Waals surface area contributed by atoms with Crippen molar-refractivity contribution in [3.05, 3.63) is 22.2 Å². The summed E-state index contributed by atoms with van der Waals surface area (Å²) in [5.41, 5.74) is 5.27. The van der Waals surface area contributed by atoms with Crippen molar-refractivity contribution in [2.24, 2.45) is 0 Å². The molecule has 0 radical (unpaired) electrons. The molecule has 1 aliphatic rings. The summed E-state index contributed by atoms with van der Waals surface area (Å²) in [4.78, 5) is 8.10. The van der Waals surface area contributed by atoms with Crippen LogP contribution in [0.5, 0.6) is 0 Å². The largest absolute Gasteiger partial charge is 0.383 e. The maximum Gasteiger partial charge on any atom is 0.179 e. The van der Waals surface area contributed by atoms with E-state index in [9.17, 15) is 5.11 Å². The summed E-state index contributed by atoms with van der Waals surface area (Å²) in [7, 11) is 0. The van der Waals surface area contributed by atoms with Crippen LogP contribution in [-0.4, -0.2) is 24.9 Å². The quantitative estimate of drug-likeness (QED) is 0.596. The summed E-state index contributed by atoms with van der Waals surface area (Å²) in [6.45, 7) is 0. The molecule has 0 spiro atoms. The van der Waals surface area contributed by atoms with E-state index in [1.807, 2.05) is 6.08 Å². The number of aromatic nitrogens is 4. The molecule has 0 aromatic carbocycles. The van der Waals surface area contributed by atoms with Crippen LogP contribution >= 0.6 is 22.6 Å². The van der Waals surface area contributed by atoms with Crippen molar-refractivity contribution in [2.75, 3.05) is 5.73 Å². The van der Waals surface area contributed by atoms with Crippen molar-refractivity contribution in [1.29, 1.82) is 0 Å². The molecule has 0 saturated carbocycles. The SMILES string of the molecule is Nc1ncnc2c1c(I)nn2C1(O)C=CCC1. The van der Waals surface area contributed by atoms with Gasteiger partial charge < -0.3 is 10.8 Å². The molecule has 0 amide bonds. The van der Waals surface area contributed by atoms with Crippen molar-refractivity contribution in [2.45, 2.75) is 18.6 Å². The molecule has 0 bridgehead atoms. The Morgan fingerprint density at radius 3 is 3.00 bits per heavy atom. The lowest BCUT2D eigenvalue weighted by Gasteiger charge is -2.21. The zero-order valence-electron chi connectivity index (χ0n) is 8.84. The Hall–Kier alpha value is -1.22. The van der Waals surface area contributed by atoms with Gasteiger partial charge in [-0.25, -0.2) is 14.6 Å². The van der Waals surface area contributed by atoms with Gasteiger partial charge in [0.2, 0.25) is 0 Å². The van der Waals surface area contributed by atoms with Crippen LogP contribution in [0.1, 0.15) is 12.8 Å². The van der Waals surface area contributed by atoms with Crippen molar-refractivity contribution >= 4 is 39.4 Å². The standard InChI is InChI=1S/C10H10IN5O/c11-7-6-8(12)13-5-14-9(6)16(15-7)10(17)3-1-2-4-10/h1,3,5,17H,2,4H2,(H2,12,13,14). The highest BCUT2D eigenvalue weighted by Gasteiger charge is 2.32. The Bertz CT molecular complexity index is 622. The number of nitrogens with two attached hydrogens (primary N) is 1. The first-order chi connectivity index (χ1) is 8.12. The Morgan fingerprint density at radius 1 is 1.47 bits per heavy atom. The highest BCUT2D eigenvalue weighted by molar-refractivity contribution is 14.1. The average Bonchev–Trinajstić information content (AvgIpc) is 2.86. The summed E-state index contributed by atoms with van der Waals surface area (Å²) >= 11 is 2.07. The van der Waals surface area contributed by atoms with Gasteiger partial charge in [0.05, 0.1) is 5.39 Å². The molecular formula is C10H10IN5O. The zero-order chi connectivity index (χ0) is 12.0. The highest BCUT2D eigenvalue weighted by Crippen LogP contribution is 2.32. The number of aliphatic hydroxyl groups is 1. The minimum Gasteiger partial charge on any atom is -0.383 e. The molecule has 0 aliphatic heterocycles. The average molecular weight is 343 g/mol. The number of hydrogen-bond acceptors (Lipinski definition) is 5. The van der Waals surface area contributed by atoms with Crippen LogP contribution in [0.15, 0.2) is 18.5 Å². The van der Waals surface area contributed by atoms with E-state index in [2.05, 4.69) is 37.7 Å². The van der Waals surface area contributed by atoms with Gasteiger partial charge in [0.1, 0.15) is 15.8 Å². The van der Waals surface area contributed by atoms with E-state index >= 15 is 0 Å². The minimum absolute atomic E-state index is 0.385. The smallest absolute Gasteiger partial charge is 0.179 e. The minimum atomic E-state index is -1.09. The predicted octanol–water partition coefficient (Wildman–Crippen LogP) is 1.01. The molecule has 0 fully saturated rings. The number of anilines is 1. The summed E-state index contributed by atoms with van der Waals surface area (Å²) in [6.07, 6.45) is 6.49. The molecule has 1 atom stereocenters. The van der Waals surface area contributed by atoms with Crippen LogP contribution in [0, 0.1) is 3.70 Å². The molecular weight excluding hydrogens is 333 g/mol. The van der Waals surface area contributed by atoms with Crippen LogP contribution in [-0.2, 0) is 5.72 Å². The van der Waals surface area contributed by atoms with Crippen LogP contribution in [0.4, 0.5) is 5.82 Å². The molecule has 2 aromatic rings. The van der Waals surface area contributed by atoms with Gasteiger partial charge in [0.25, 0.3) is 0 Å². The zero-order valence-corrected chi connectivity index (χ0v) is 11.0. The predicted molar refractivity (Wildman–Crippen MR) is 71.0 cm³/mol. The van der Waals surface area contributed by atoms with E-state index in [0.29, 0.717) is 27.0 Å². The molecule has 3 rings (SSSR count). The van der Waals surface area contributed by atoms with E-state index in [0.717, 1.165) is 6.42 Å². The Morgan fingerprint density at radius 2 is 2.29 bits per heavy atom. The maximum absolute atomic E-state index is 10.5. The molecule has 1 unspecified atom stereocenters. The van der Waals surface area contributed by atoms with E-state index in [-0.39, 0.29) is 0 Å². The second kappa shape index (κ2) is 3.64. The molecule has 7 heteroatoms. The summed E-state index contributed by atoms with van der Waals surface area (Å²) < 4.78 is 2.22. The van der Waals surface area contributed by atoms with Gasteiger partial charge in [-0.3, -0.25) is 0 Å². The number of nitrogens with zero attached hydrogens (tertiary/aromatic N) is 4. The Kier molecular flexibility index (Phi) is 2.33. The normalized spacial score (nSPS) is 23.6. The van der Waals surface area contributed by atoms with Crippen LogP contribution in [0.25, 0.3) is 11.0 Å². The molecule has 1 aliphatic carbocycles. The number of nitrogen functional groups attached to an aromatic ring is 1. The van der Waals surface area contributed by atoms with Crippen molar-refractivity contribution < 1.29 is 5.11 Å². The van der Waals surface area contributed by atoms with Crippen LogP contribution in [0.3, 0.4) is 0 Å². The number of halogens is 1. The first-order valence-corrected chi connectivity index (χ1v) is 6.25. The van der Waals surface area contributed by atoms with Gasteiger partial charge in [0.15, 0.2) is 11.4 Å².